The Balaban J connectivity index is 0.754. The molecule has 0 bridgehead atoms. The van der Waals surface area contributed by atoms with E-state index in [0.717, 1.165) is 30.8 Å². The minimum absolute atomic E-state index is 0.0880. The highest BCUT2D eigenvalue weighted by Gasteiger charge is 2.44. The number of carbonyl (C=O) groups is 5. The molecule has 2 aromatic heterocycles. The van der Waals surface area contributed by atoms with Crippen molar-refractivity contribution in [2.24, 2.45) is 0 Å². The normalized spacial score (nSPS) is 19.8. The molecular formula is C46H46F2N10O6S. The van der Waals surface area contributed by atoms with E-state index in [4.69, 9.17) is 0 Å². The number of anilines is 4. The average molecular weight is 905 g/mol. The fraction of sp³-hybridized carbons (Fsp3) is 0.370. The molecule has 7 heterocycles. The third kappa shape index (κ3) is 8.07. The van der Waals surface area contributed by atoms with Gasteiger partial charge in [-0.15, -0.1) is 11.3 Å². The first-order valence-electron chi connectivity index (χ1n) is 21.8. The quantitative estimate of drug-likeness (QED) is 0.145. The number of fused-ring (bicyclic) bond motifs is 2. The Bertz CT molecular complexity index is 2700. The minimum Gasteiger partial charge on any atom is -0.380 e. The Labute approximate surface area is 376 Å². The van der Waals surface area contributed by atoms with Crippen LogP contribution in [0.5, 0.6) is 0 Å². The van der Waals surface area contributed by atoms with Crippen molar-refractivity contribution >= 4 is 63.1 Å². The molecule has 0 spiro atoms. The summed E-state index contributed by atoms with van der Waals surface area (Å²) in [4.78, 5) is 81.1. The molecule has 5 aliphatic rings. The molecule has 3 aromatic carbocycles. The zero-order valence-corrected chi connectivity index (χ0v) is 36.1. The highest BCUT2D eigenvalue weighted by Crippen LogP contribution is 2.39. The average Bonchev–Trinajstić information content (AvgIpc) is 4.13. The number of hydrogen-bond acceptors (Lipinski definition) is 12. The smallest absolute Gasteiger partial charge is 0.255 e. The number of aromatic nitrogens is 3. The van der Waals surface area contributed by atoms with Crippen molar-refractivity contribution in [1.82, 2.24) is 29.7 Å². The number of hydrogen-bond donors (Lipinski definition) is 4. The lowest BCUT2D eigenvalue weighted by atomic mass is 9.89. The largest absolute Gasteiger partial charge is 0.380 e. The van der Waals surface area contributed by atoms with Gasteiger partial charge in [-0.1, -0.05) is 12.1 Å². The van der Waals surface area contributed by atoms with Gasteiger partial charge in [0.05, 0.1) is 24.3 Å². The highest BCUT2D eigenvalue weighted by molar-refractivity contribution is 7.13. The molecule has 19 heteroatoms. The van der Waals surface area contributed by atoms with E-state index in [-0.39, 0.29) is 61.8 Å². The van der Waals surface area contributed by atoms with Crippen molar-refractivity contribution in [3.63, 3.8) is 0 Å². The lowest BCUT2D eigenvalue weighted by Crippen LogP contribution is -2.59. The van der Waals surface area contributed by atoms with E-state index in [0.29, 0.717) is 65.9 Å². The summed E-state index contributed by atoms with van der Waals surface area (Å²) >= 11 is 1.26. The first kappa shape index (κ1) is 42.2. The van der Waals surface area contributed by atoms with Crippen molar-refractivity contribution in [2.75, 3.05) is 59.7 Å². The predicted molar refractivity (Wildman–Crippen MR) is 237 cm³/mol. The summed E-state index contributed by atoms with van der Waals surface area (Å²) in [6, 6.07) is 13.5. The second-order valence-electron chi connectivity index (χ2n) is 17.2. The van der Waals surface area contributed by atoms with Crippen LogP contribution in [0.2, 0.25) is 0 Å². The third-order valence-electron chi connectivity index (χ3n) is 13.3. The fourth-order valence-corrected chi connectivity index (χ4v) is 10.2. The number of imide groups is 1. The number of nitrogens with zero attached hydrogens (tertiary/aromatic N) is 7. The van der Waals surface area contributed by atoms with Crippen molar-refractivity contribution in [3.05, 3.63) is 107 Å². The number of nitrogens with one attached hydrogen (secondary N) is 3. The van der Waals surface area contributed by atoms with Crippen LogP contribution in [0.25, 0.3) is 11.1 Å². The van der Waals surface area contributed by atoms with E-state index in [1.165, 1.54) is 28.4 Å². The molecule has 336 valence electrons. The van der Waals surface area contributed by atoms with Gasteiger partial charge >= 0.3 is 0 Å². The van der Waals surface area contributed by atoms with E-state index in [9.17, 15) is 29.1 Å². The molecule has 4 N–H and O–H groups in total. The number of thiazole rings is 1. The standard InChI is InChI=1S/C46H46F2N10O6S/c47-33-23-28(22-31-32(33)25-58(43(31)62)40(42(61)53-45-49-13-21-65-45)39-37-2-1-14-57(37)26-50-39)27-3-6-30(7-4-27)54-17-19-56(20-18-54)44(63)46(64)11-15-55(16-12-46)36-9-5-29(24-34(36)48)51-35-8-10-38(59)52-41(35)60/h3-7,9,13,21-24,26,35,40,51,64H,1-2,8,10-12,14-20,25H2,(H,49,53,61)(H,52,59,60)/t35-,40?/m0/s1. The summed E-state index contributed by atoms with van der Waals surface area (Å²) in [5, 5.41) is 21.8. The van der Waals surface area contributed by atoms with Crippen molar-refractivity contribution in [1.29, 1.82) is 0 Å². The first-order chi connectivity index (χ1) is 31.4. The van der Waals surface area contributed by atoms with Crippen molar-refractivity contribution < 1.29 is 37.9 Å². The zero-order valence-electron chi connectivity index (χ0n) is 35.3. The molecule has 10 rings (SSSR count). The van der Waals surface area contributed by atoms with Gasteiger partial charge in [0.15, 0.2) is 11.2 Å². The second-order valence-corrected chi connectivity index (χ2v) is 18.1. The van der Waals surface area contributed by atoms with E-state index in [1.807, 2.05) is 28.8 Å². The van der Waals surface area contributed by atoms with Gasteiger partial charge in [-0.2, -0.15) is 0 Å². The van der Waals surface area contributed by atoms with Gasteiger partial charge in [0.1, 0.15) is 23.3 Å². The lowest BCUT2D eigenvalue weighted by molar-refractivity contribution is -0.153. The molecule has 5 aliphatic heterocycles. The van der Waals surface area contributed by atoms with Crippen molar-refractivity contribution in [3.8, 4) is 11.1 Å². The molecule has 3 saturated heterocycles. The molecular weight excluding hydrogens is 859 g/mol. The maximum atomic E-state index is 16.0. The van der Waals surface area contributed by atoms with Crippen LogP contribution >= 0.6 is 11.3 Å². The number of aliphatic hydroxyl groups is 1. The third-order valence-corrected chi connectivity index (χ3v) is 14.0. The van der Waals surface area contributed by atoms with Crippen LogP contribution in [0, 0.1) is 11.6 Å². The Morgan fingerprint density at radius 3 is 2.38 bits per heavy atom. The number of imidazole rings is 1. The predicted octanol–water partition coefficient (Wildman–Crippen LogP) is 4.46. The Hall–Kier alpha value is -6.73. The minimum atomic E-state index is -1.58. The monoisotopic (exact) mass is 904 g/mol. The number of amides is 5. The van der Waals surface area contributed by atoms with Crippen LogP contribution in [-0.4, -0.2) is 110 Å². The molecule has 65 heavy (non-hydrogen) atoms. The number of piperidine rings is 2. The summed E-state index contributed by atoms with van der Waals surface area (Å²) in [5.41, 5.74) is 3.08. The van der Waals surface area contributed by atoms with Crippen LogP contribution in [0.3, 0.4) is 0 Å². The van der Waals surface area contributed by atoms with Gasteiger partial charge in [0.25, 0.3) is 17.7 Å². The Kier molecular flexibility index (Phi) is 11.0. The van der Waals surface area contributed by atoms with Gasteiger partial charge < -0.3 is 34.6 Å². The van der Waals surface area contributed by atoms with Gasteiger partial charge in [0.2, 0.25) is 11.8 Å². The van der Waals surface area contributed by atoms with Gasteiger partial charge in [0, 0.05) is 105 Å². The molecule has 16 nitrogen and oxygen atoms in total. The van der Waals surface area contributed by atoms with Gasteiger partial charge in [-0.05, 0) is 72.9 Å². The summed E-state index contributed by atoms with van der Waals surface area (Å²) in [7, 11) is 0. The molecule has 2 atom stereocenters. The number of aryl methyl sites for hydroxylation is 1. The van der Waals surface area contributed by atoms with E-state index in [1.54, 1.807) is 45.9 Å². The van der Waals surface area contributed by atoms with Crippen LogP contribution in [-0.2, 0) is 38.7 Å². The first-order valence-corrected chi connectivity index (χ1v) is 22.7. The zero-order chi connectivity index (χ0) is 45.0. The number of benzene rings is 3. The fourth-order valence-electron chi connectivity index (χ4n) is 9.71. The van der Waals surface area contributed by atoms with Gasteiger partial charge in [-0.25, -0.2) is 18.7 Å². The van der Waals surface area contributed by atoms with E-state index < -0.39 is 47.0 Å². The van der Waals surface area contributed by atoms with E-state index in [2.05, 4.69) is 30.8 Å². The van der Waals surface area contributed by atoms with Crippen LogP contribution < -0.4 is 25.8 Å². The highest BCUT2D eigenvalue weighted by atomic mass is 32.1. The maximum absolute atomic E-state index is 16.0. The van der Waals surface area contributed by atoms with E-state index >= 15 is 8.78 Å². The van der Waals surface area contributed by atoms with Crippen LogP contribution in [0.4, 0.5) is 31.0 Å². The summed E-state index contributed by atoms with van der Waals surface area (Å²) in [6.45, 7) is 3.05. The van der Waals surface area contributed by atoms with Gasteiger partial charge in [-0.3, -0.25) is 34.6 Å². The number of carbonyl (C=O) groups excluding carboxylic acids is 5. The molecule has 0 aliphatic carbocycles. The maximum Gasteiger partial charge on any atom is 0.255 e. The Morgan fingerprint density at radius 1 is 0.877 bits per heavy atom. The number of halogens is 2. The summed E-state index contributed by atoms with van der Waals surface area (Å²) in [5.74, 6) is -3.08. The lowest BCUT2D eigenvalue weighted by Gasteiger charge is -2.43. The molecule has 1 unspecified atom stereocenters. The summed E-state index contributed by atoms with van der Waals surface area (Å²) in [6.07, 6.45) is 5.67. The molecule has 0 saturated carbocycles. The SMILES string of the molecule is O=C1CC[C@H](Nc2ccc(N3CCC(O)(C(=O)N4CCN(c5ccc(-c6cc(F)c7c(c6)C(=O)N(C(C(=O)Nc6nccs6)c6ncn8c6CCC8)C7)cc5)CC4)CC3)c(F)c2)C(=O)N1. The van der Waals surface area contributed by atoms with Crippen LogP contribution in [0.15, 0.2) is 72.5 Å². The Morgan fingerprint density at radius 2 is 1.66 bits per heavy atom. The molecule has 5 aromatic rings. The summed E-state index contributed by atoms with van der Waals surface area (Å²) < 4.78 is 33.3. The topological polar surface area (TPSA) is 185 Å². The number of piperazine rings is 1. The van der Waals surface area contributed by atoms with Crippen molar-refractivity contribution in [2.45, 2.75) is 69.3 Å². The van der Waals surface area contributed by atoms with Crippen LogP contribution in [0.1, 0.15) is 65.5 Å². The second kappa shape index (κ2) is 17.0. The molecule has 5 amide bonds. The molecule has 3 fully saturated rings. The molecule has 0 radical (unpaired) electrons. The number of rotatable bonds is 10.